The largest absolute Gasteiger partial charge is 0.355 e. The Bertz CT molecular complexity index is 827. The molecule has 2 aliphatic rings. The number of likely N-dealkylation sites (N-methyl/N-ethyl adjacent to an activating group) is 1. The SMILES string of the molecule is CN(c1ccnc(Nc2cccc(C#N)c2)n1)[C@H]1CCCN2CCCC[C@H]12. The van der Waals surface area contributed by atoms with Gasteiger partial charge >= 0.3 is 0 Å². The first-order chi connectivity index (χ1) is 13.2. The van der Waals surface area contributed by atoms with Crippen molar-refractivity contribution in [1.29, 1.82) is 5.26 Å². The molecule has 0 unspecified atom stereocenters. The van der Waals surface area contributed by atoms with E-state index in [0.717, 1.165) is 11.5 Å². The van der Waals surface area contributed by atoms with Crippen LogP contribution in [0.3, 0.4) is 0 Å². The number of anilines is 3. The van der Waals surface area contributed by atoms with E-state index in [0.29, 0.717) is 23.6 Å². The normalized spacial score (nSPS) is 22.5. The number of nitrogens with zero attached hydrogens (tertiary/aromatic N) is 5. The average molecular weight is 362 g/mol. The van der Waals surface area contributed by atoms with E-state index in [9.17, 15) is 0 Å². The fourth-order valence-corrected chi connectivity index (χ4v) is 4.45. The Hall–Kier alpha value is -2.65. The van der Waals surface area contributed by atoms with E-state index < -0.39 is 0 Å². The lowest BCUT2D eigenvalue weighted by Crippen LogP contribution is -2.56. The van der Waals surface area contributed by atoms with E-state index in [-0.39, 0.29) is 0 Å². The zero-order valence-corrected chi connectivity index (χ0v) is 15.8. The van der Waals surface area contributed by atoms with E-state index in [2.05, 4.69) is 33.2 Å². The van der Waals surface area contributed by atoms with Gasteiger partial charge in [-0.1, -0.05) is 12.5 Å². The minimum Gasteiger partial charge on any atom is -0.355 e. The number of hydrogen-bond donors (Lipinski definition) is 1. The van der Waals surface area contributed by atoms with Crippen molar-refractivity contribution in [1.82, 2.24) is 14.9 Å². The zero-order chi connectivity index (χ0) is 18.6. The van der Waals surface area contributed by atoms with Gasteiger partial charge in [-0.2, -0.15) is 10.2 Å². The number of aromatic nitrogens is 2. The maximum absolute atomic E-state index is 9.06. The Kier molecular flexibility index (Phi) is 5.21. The predicted octanol–water partition coefficient (Wildman–Crippen LogP) is 3.54. The van der Waals surface area contributed by atoms with Crippen molar-refractivity contribution in [3.8, 4) is 6.07 Å². The summed E-state index contributed by atoms with van der Waals surface area (Å²) in [7, 11) is 2.16. The Labute approximate surface area is 160 Å². The van der Waals surface area contributed by atoms with Gasteiger partial charge in [-0.15, -0.1) is 0 Å². The van der Waals surface area contributed by atoms with Crippen molar-refractivity contribution in [2.45, 2.75) is 44.2 Å². The molecule has 140 valence electrons. The minimum absolute atomic E-state index is 0.503. The van der Waals surface area contributed by atoms with Gasteiger partial charge in [0.25, 0.3) is 0 Å². The molecule has 2 fully saturated rings. The van der Waals surface area contributed by atoms with Crippen molar-refractivity contribution >= 4 is 17.5 Å². The molecule has 0 spiro atoms. The van der Waals surface area contributed by atoms with Crippen LogP contribution in [0, 0.1) is 11.3 Å². The summed E-state index contributed by atoms with van der Waals surface area (Å²) in [6.07, 6.45) is 8.22. The average Bonchev–Trinajstić information content (AvgIpc) is 2.73. The van der Waals surface area contributed by atoms with Crippen molar-refractivity contribution in [3.63, 3.8) is 0 Å². The molecule has 0 aliphatic carbocycles. The highest BCUT2D eigenvalue weighted by atomic mass is 15.3. The van der Waals surface area contributed by atoms with Crippen LogP contribution in [0.2, 0.25) is 0 Å². The summed E-state index contributed by atoms with van der Waals surface area (Å²) < 4.78 is 0. The van der Waals surface area contributed by atoms with Crippen LogP contribution >= 0.6 is 0 Å². The smallest absolute Gasteiger partial charge is 0.229 e. The summed E-state index contributed by atoms with van der Waals surface area (Å²) in [5.41, 5.74) is 1.44. The lowest BCUT2D eigenvalue weighted by molar-refractivity contribution is 0.0894. The Morgan fingerprint density at radius 3 is 2.96 bits per heavy atom. The Balaban J connectivity index is 1.52. The maximum Gasteiger partial charge on any atom is 0.229 e. The molecule has 1 aromatic carbocycles. The molecule has 0 saturated carbocycles. The first kappa shape index (κ1) is 17.7. The lowest BCUT2D eigenvalue weighted by Gasteiger charge is -2.47. The van der Waals surface area contributed by atoms with Gasteiger partial charge in [0.1, 0.15) is 5.82 Å². The molecule has 2 atom stereocenters. The number of nitriles is 1. The molecular formula is C21H26N6. The Morgan fingerprint density at radius 1 is 1.19 bits per heavy atom. The summed E-state index contributed by atoms with van der Waals surface area (Å²) >= 11 is 0. The summed E-state index contributed by atoms with van der Waals surface area (Å²) in [6, 6.07) is 12.7. The molecule has 1 aromatic heterocycles. The standard InChI is InChI=1S/C21H26N6/c1-26(18-9-5-13-27-12-3-2-8-19(18)27)20-10-11-23-21(25-20)24-17-7-4-6-16(14-17)15-22/h4,6-7,10-11,14,18-19H,2-3,5,8-9,12-13H2,1H3,(H,23,24,25)/t18-,19+/m0/s1. The van der Waals surface area contributed by atoms with Crippen LogP contribution in [-0.4, -0.2) is 47.1 Å². The van der Waals surface area contributed by atoms with Crippen LogP contribution in [0.15, 0.2) is 36.5 Å². The van der Waals surface area contributed by atoms with Crippen LogP contribution in [0.25, 0.3) is 0 Å². The summed E-state index contributed by atoms with van der Waals surface area (Å²) in [5.74, 6) is 1.51. The van der Waals surface area contributed by atoms with Gasteiger partial charge in [0.15, 0.2) is 0 Å². The van der Waals surface area contributed by atoms with Crippen LogP contribution < -0.4 is 10.2 Å². The molecule has 1 N–H and O–H groups in total. The molecule has 0 amide bonds. The van der Waals surface area contributed by atoms with Gasteiger partial charge < -0.3 is 10.2 Å². The predicted molar refractivity (Wildman–Crippen MR) is 107 cm³/mol. The van der Waals surface area contributed by atoms with Crippen LogP contribution in [0.5, 0.6) is 0 Å². The highest BCUT2D eigenvalue weighted by molar-refractivity contribution is 5.57. The Morgan fingerprint density at radius 2 is 2.07 bits per heavy atom. The van der Waals surface area contributed by atoms with E-state index in [1.165, 1.54) is 45.2 Å². The van der Waals surface area contributed by atoms with Crippen molar-refractivity contribution in [2.24, 2.45) is 0 Å². The molecule has 2 aliphatic heterocycles. The number of rotatable bonds is 4. The fourth-order valence-electron chi connectivity index (χ4n) is 4.45. The second kappa shape index (κ2) is 7.93. The highest BCUT2D eigenvalue weighted by Gasteiger charge is 2.35. The molecule has 6 nitrogen and oxygen atoms in total. The summed E-state index contributed by atoms with van der Waals surface area (Å²) in [4.78, 5) is 14.1. The summed E-state index contributed by atoms with van der Waals surface area (Å²) in [5, 5.41) is 12.3. The molecular weight excluding hydrogens is 336 g/mol. The van der Waals surface area contributed by atoms with Gasteiger partial charge in [0.05, 0.1) is 11.6 Å². The number of nitrogens with one attached hydrogen (secondary N) is 1. The second-order valence-electron chi connectivity index (χ2n) is 7.48. The van der Waals surface area contributed by atoms with Gasteiger partial charge in [0, 0.05) is 31.0 Å². The minimum atomic E-state index is 0.503. The monoisotopic (exact) mass is 362 g/mol. The molecule has 2 aromatic rings. The summed E-state index contributed by atoms with van der Waals surface area (Å²) in [6.45, 7) is 2.47. The van der Waals surface area contributed by atoms with E-state index in [1.807, 2.05) is 18.2 Å². The topological polar surface area (TPSA) is 68.1 Å². The van der Waals surface area contributed by atoms with Crippen molar-refractivity contribution < 1.29 is 0 Å². The number of fused-ring (bicyclic) bond motifs is 1. The third kappa shape index (κ3) is 3.88. The second-order valence-corrected chi connectivity index (χ2v) is 7.48. The molecule has 2 saturated heterocycles. The molecule has 3 heterocycles. The first-order valence-electron chi connectivity index (χ1n) is 9.82. The van der Waals surface area contributed by atoms with E-state index in [1.54, 1.807) is 18.3 Å². The molecule has 4 rings (SSSR count). The first-order valence-corrected chi connectivity index (χ1v) is 9.82. The van der Waals surface area contributed by atoms with Gasteiger partial charge in [-0.3, -0.25) is 4.90 Å². The number of hydrogen-bond acceptors (Lipinski definition) is 6. The third-order valence-electron chi connectivity index (χ3n) is 5.80. The van der Waals surface area contributed by atoms with Crippen LogP contribution in [-0.2, 0) is 0 Å². The van der Waals surface area contributed by atoms with E-state index >= 15 is 0 Å². The molecule has 27 heavy (non-hydrogen) atoms. The third-order valence-corrected chi connectivity index (χ3v) is 5.80. The quantitative estimate of drug-likeness (QED) is 0.897. The zero-order valence-electron chi connectivity index (χ0n) is 15.8. The van der Waals surface area contributed by atoms with Crippen molar-refractivity contribution in [2.75, 3.05) is 30.4 Å². The van der Waals surface area contributed by atoms with Crippen LogP contribution in [0.1, 0.15) is 37.7 Å². The van der Waals surface area contributed by atoms with Crippen LogP contribution in [0.4, 0.5) is 17.5 Å². The van der Waals surface area contributed by atoms with Gasteiger partial charge in [-0.25, -0.2) is 4.98 Å². The molecule has 6 heteroatoms. The fraction of sp³-hybridized carbons (Fsp3) is 0.476. The van der Waals surface area contributed by atoms with Gasteiger partial charge in [0.2, 0.25) is 5.95 Å². The van der Waals surface area contributed by atoms with E-state index in [4.69, 9.17) is 10.2 Å². The molecule has 0 radical (unpaired) electrons. The molecule has 0 bridgehead atoms. The lowest BCUT2D eigenvalue weighted by atomic mass is 9.88. The highest BCUT2D eigenvalue weighted by Crippen LogP contribution is 2.31. The number of benzene rings is 1. The number of piperidine rings is 2. The van der Waals surface area contributed by atoms with Gasteiger partial charge in [-0.05, 0) is 63.0 Å². The van der Waals surface area contributed by atoms with Crippen molar-refractivity contribution in [3.05, 3.63) is 42.1 Å². The maximum atomic E-state index is 9.06.